The van der Waals surface area contributed by atoms with Crippen molar-refractivity contribution in [3.05, 3.63) is 42.2 Å². The van der Waals surface area contributed by atoms with Crippen molar-refractivity contribution in [2.24, 2.45) is 5.92 Å². The number of benzene rings is 1. The maximum atomic E-state index is 12.2. The van der Waals surface area contributed by atoms with Crippen LogP contribution in [0.5, 0.6) is 0 Å². The summed E-state index contributed by atoms with van der Waals surface area (Å²) >= 11 is 0. The van der Waals surface area contributed by atoms with Gasteiger partial charge in [0.1, 0.15) is 0 Å². The second kappa shape index (κ2) is 7.91. The lowest BCUT2D eigenvalue weighted by Gasteiger charge is -2.10. The Kier molecular flexibility index (Phi) is 5.59. The number of anilines is 1. The monoisotopic (exact) mass is 391 g/mol. The van der Waals surface area contributed by atoms with Crippen LogP contribution in [0.15, 0.2) is 36.5 Å². The summed E-state index contributed by atoms with van der Waals surface area (Å²) in [7, 11) is -3.00. The van der Waals surface area contributed by atoms with Crippen molar-refractivity contribution in [1.82, 2.24) is 9.78 Å². The standard InChI is InChI=1S/C18H21N3O5S/c1-2-26-18(23)16-6-8-21(20-16)15-5-3-4-14(11-15)19-17(22)10-13-7-9-27(24,25)12-13/h3-6,8,11,13H,2,7,9-10,12H2,1H3,(H,19,22). The lowest BCUT2D eigenvalue weighted by atomic mass is 10.1. The average molecular weight is 391 g/mol. The van der Waals surface area contributed by atoms with Gasteiger partial charge in [-0.25, -0.2) is 17.9 Å². The molecular weight excluding hydrogens is 370 g/mol. The van der Waals surface area contributed by atoms with Crippen LogP contribution in [0.25, 0.3) is 5.69 Å². The van der Waals surface area contributed by atoms with Gasteiger partial charge in [-0.15, -0.1) is 0 Å². The highest BCUT2D eigenvalue weighted by atomic mass is 32.2. The number of nitrogens with zero attached hydrogens (tertiary/aromatic N) is 2. The van der Waals surface area contributed by atoms with Crippen LogP contribution in [0.4, 0.5) is 5.69 Å². The number of aromatic nitrogens is 2. The molecule has 27 heavy (non-hydrogen) atoms. The van der Waals surface area contributed by atoms with E-state index in [1.165, 1.54) is 4.68 Å². The van der Waals surface area contributed by atoms with Gasteiger partial charge in [-0.3, -0.25) is 4.79 Å². The van der Waals surface area contributed by atoms with E-state index in [-0.39, 0.29) is 42.1 Å². The zero-order valence-corrected chi connectivity index (χ0v) is 15.7. The molecule has 2 heterocycles. The molecule has 1 N–H and O–H groups in total. The first-order valence-corrected chi connectivity index (χ1v) is 10.5. The lowest BCUT2D eigenvalue weighted by molar-refractivity contribution is -0.116. The predicted octanol–water partition coefficient (Wildman–Crippen LogP) is 1.81. The Bertz CT molecular complexity index is 951. The molecule has 1 aliphatic heterocycles. The second-order valence-electron chi connectivity index (χ2n) is 6.44. The van der Waals surface area contributed by atoms with E-state index in [0.717, 1.165) is 0 Å². The smallest absolute Gasteiger partial charge is 0.358 e. The summed E-state index contributed by atoms with van der Waals surface area (Å²) in [6.07, 6.45) is 2.34. The molecule has 1 amide bonds. The molecule has 2 aromatic rings. The molecule has 9 heteroatoms. The fourth-order valence-electron chi connectivity index (χ4n) is 3.02. The van der Waals surface area contributed by atoms with Crippen LogP contribution in [-0.2, 0) is 19.4 Å². The summed E-state index contributed by atoms with van der Waals surface area (Å²) < 4.78 is 29.4. The molecule has 0 saturated carbocycles. The van der Waals surface area contributed by atoms with Crippen LogP contribution < -0.4 is 5.32 Å². The van der Waals surface area contributed by atoms with E-state index in [0.29, 0.717) is 17.8 Å². The number of sulfone groups is 1. The van der Waals surface area contributed by atoms with Crippen molar-refractivity contribution < 1.29 is 22.7 Å². The molecule has 1 fully saturated rings. The Morgan fingerprint density at radius 2 is 2.15 bits per heavy atom. The summed E-state index contributed by atoms with van der Waals surface area (Å²) in [4.78, 5) is 23.9. The van der Waals surface area contributed by atoms with Crippen LogP contribution in [0.1, 0.15) is 30.3 Å². The lowest BCUT2D eigenvalue weighted by Crippen LogP contribution is -2.17. The number of ether oxygens (including phenoxy) is 1. The van der Waals surface area contributed by atoms with Crippen molar-refractivity contribution in [2.75, 3.05) is 23.4 Å². The van der Waals surface area contributed by atoms with Gasteiger partial charge in [-0.05, 0) is 43.5 Å². The first-order chi connectivity index (χ1) is 12.9. The van der Waals surface area contributed by atoms with Gasteiger partial charge < -0.3 is 10.1 Å². The Morgan fingerprint density at radius 3 is 2.85 bits per heavy atom. The van der Waals surface area contributed by atoms with E-state index in [4.69, 9.17) is 4.74 Å². The number of rotatable bonds is 6. The molecule has 1 aromatic heterocycles. The van der Waals surface area contributed by atoms with E-state index in [1.54, 1.807) is 43.5 Å². The third kappa shape index (κ3) is 4.94. The number of hydrogen-bond acceptors (Lipinski definition) is 6. The van der Waals surface area contributed by atoms with Crippen LogP contribution >= 0.6 is 0 Å². The van der Waals surface area contributed by atoms with E-state index in [2.05, 4.69) is 10.4 Å². The van der Waals surface area contributed by atoms with Gasteiger partial charge in [0.25, 0.3) is 0 Å². The summed E-state index contributed by atoms with van der Waals surface area (Å²) in [6, 6.07) is 8.58. The summed E-state index contributed by atoms with van der Waals surface area (Å²) in [5, 5.41) is 6.97. The third-order valence-corrected chi connectivity index (χ3v) is 6.11. The van der Waals surface area contributed by atoms with Crippen molar-refractivity contribution in [2.45, 2.75) is 19.8 Å². The van der Waals surface area contributed by atoms with Gasteiger partial charge in [0.2, 0.25) is 5.91 Å². The molecule has 8 nitrogen and oxygen atoms in total. The number of hydrogen-bond donors (Lipinski definition) is 1. The molecule has 1 unspecified atom stereocenters. The van der Waals surface area contributed by atoms with E-state index < -0.39 is 15.8 Å². The van der Waals surface area contributed by atoms with Gasteiger partial charge in [-0.2, -0.15) is 5.10 Å². The van der Waals surface area contributed by atoms with Crippen molar-refractivity contribution >= 4 is 27.4 Å². The largest absolute Gasteiger partial charge is 0.461 e. The Hall–Kier alpha value is -2.68. The maximum Gasteiger partial charge on any atom is 0.358 e. The highest BCUT2D eigenvalue weighted by molar-refractivity contribution is 7.91. The number of amides is 1. The summed E-state index contributed by atoms with van der Waals surface area (Å²) in [5.41, 5.74) is 1.45. The zero-order valence-electron chi connectivity index (χ0n) is 14.9. The second-order valence-corrected chi connectivity index (χ2v) is 8.67. The van der Waals surface area contributed by atoms with Gasteiger partial charge in [-0.1, -0.05) is 6.07 Å². The Morgan fingerprint density at radius 1 is 1.33 bits per heavy atom. The predicted molar refractivity (Wildman–Crippen MR) is 99.5 cm³/mol. The molecule has 0 spiro atoms. The molecule has 0 radical (unpaired) electrons. The van der Waals surface area contributed by atoms with Gasteiger partial charge in [0.05, 0.1) is 23.8 Å². The van der Waals surface area contributed by atoms with Crippen molar-refractivity contribution in [1.29, 1.82) is 0 Å². The average Bonchev–Trinajstić information content (AvgIpc) is 3.22. The topological polar surface area (TPSA) is 107 Å². The van der Waals surface area contributed by atoms with E-state index >= 15 is 0 Å². The quantitative estimate of drug-likeness (QED) is 0.753. The molecule has 0 aliphatic carbocycles. The van der Waals surface area contributed by atoms with Crippen molar-refractivity contribution in [3.63, 3.8) is 0 Å². The van der Waals surface area contributed by atoms with E-state index in [9.17, 15) is 18.0 Å². The van der Waals surface area contributed by atoms with Gasteiger partial charge in [0.15, 0.2) is 15.5 Å². The molecule has 0 bridgehead atoms. The number of carbonyl (C=O) groups excluding carboxylic acids is 2. The molecule has 1 aromatic carbocycles. The normalized spacial score (nSPS) is 18.2. The molecule has 1 saturated heterocycles. The number of esters is 1. The van der Waals surface area contributed by atoms with Crippen LogP contribution in [0.3, 0.4) is 0 Å². The molecule has 3 rings (SSSR count). The molecular formula is C18H21N3O5S. The minimum Gasteiger partial charge on any atom is -0.461 e. The number of carbonyl (C=O) groups is 2. The summed E-state index contributed by atoms with van der Waals surface area (Å²) in [6.45, 7) is 2.00. The van der Waals surface area contributed by atoms with Crippen LogP contribution in [0.2, 0.25) is 0 Å². The Balaban J connectivity index is 1.65. The number of nitrogens with one attached hydrogen (secondary N) is 1. The highest BCUT2D eigenvalue weighted by Gasteiger charge is 2.29. The fourth-order valence-corrected chi connectivity index (χ4v) is 4.88. The van der Waals surface area contributed by atoms with Crippen LogP contribution in [-0.4, -0.2) is 48.2 Å². The molecule has 1 atom stereocenters. The summed E-state index contributed by atoms with van der Waals surface area (Å²) in [5.74, 6) is -0.613. The fraction of sp³-hybridized carbons (Fsp3) is 0.389. The molecule has 1 aliphatic rings. The SMILES string of the molecule is CCOC(=O)c1ccn(-c2cccc(NC(=O)CC3CCS(=O)(=O)C3)c2)n1. The highest BCUT2D eigenvalue weighted by Crippen LogP contribution is 2.22. The minimum absolute atomic E-state index is 0.0738. The Labute approximate surface area is 157 Å². The van der Waals surface area contributed by atoms with E-state index in [1.807, 2.05) is 0 Å². The van der Waals surface area contributed by atoms with Crippen molar-refractivity contribution in [3.8, 4) is 5.69 Å². The molecule has 144 valence electrons. The van der Waals surface area contributed by atoms with Gasteiger partial charge >= 0.3 is 5.97 Å². The van der Waals surface area contributed by atoms with Crippen LogP contribution in [0, 0.1) is 5.92 Å². The maximum absolute atomic E-state index is 12.2. The minimum atomic E-state index is -3.00. The van der Waals surface area contributed by atoms with Gasteiger partial charge in [0, 0.05) is 18.3 Å². The first kappa shape index (κ1) is 19.1. The zero-order chi connectivity index (χ0) is 19.4. The third-order valence-electron chi connectivity index (χ3n) is 4.27. The first-order valence-electron chi connectivity index (χ1n) is 8.70.